The summed E-state index contributed by atoms with van der Waals surface area (Å²) in [6, 6.07) is 17.8. The average Bonchev–Trinajstić information content (AvgIpc) is 2.70. The van der Waals surface area contributed by atoms with E-state index < -0.39 is 0 Å². The quantitative estimate of drug-likeness (QED) is 0.148. The Morgan fingerprint density at radius 2 is 0.846 bits per heavy atom. The molecule has 26 heavy (non-hydrogen) atoms. The number of rotatable bonds is 13. The number of alkyl halides is 2. The third-order valence-corrected chi connectivity index (χ3v) is 7.72. The van der Waals surface area contributed by atoms with Gasteiger partial charge in [-0.15, -0.1) is 23.5 Å². The van der Waals surface area contributed by atoms with E-state index in [1.54, 1.807) is 0 Å². The van der Waals surface area contributed by atoms with Gasteiger partial charge in [0.05, 0.1) is 0 Å². The van der Waals surface area contributed by atoms with Gasteiger partial charge in [0.1, 0.15) is 0 Å². The molecule has 0 saturated heterocycles. The van der Waals surface area contributed by atoms with Crippen molar-refractivity contribution in [2.75, 3.05) is 11.5 Å². The summed E-state index contributed by atoms with van der Waals surface area (Å²) < 4.78 is 0. The van der Waals surface area contributed by atoms with Crippen molar-refractivity contribution in [3.8, 4) is 0 Å². The largest absolute Gasteiger partial charge is 0.126 e. The van der Waals surface area contributed by atoms with Crippen molar-refractivity contribution in [1.82, 2.24) is 0 Å². The van der Waals surface area contributed by atoms with Crippen LogP contribution in [0, 0.1) is 0 Å². The molecule has 2 aromatic carbocycles. The van der Waals surface area contributed by atoms with Gasteiger partial charge in [0.25, 0.3) is 0 Å². The van der Waals surface area contributed by atoms with Crippen molar-refractivity contribution in [1.29, 1.82) is 0 Å². The van der Waals surface area contributed by atoms with E-state index in [1.165, 1.54) is 70.9 Å². The molecule has 0 atom stereocenters. The van der Waals surface area contributed by atoms with Crippen LogP contribution in [0.1, 0.15) is 49.7 Å². The van der Waals surface area contributed by atoms with Crippen molar-refractivity contribution in [3.05, 3.63) is 59.7 Å². The Morgan fingerprint density at radius 3 is 1.19 bits per heavy atom. The molecular formula is C22H28Br2S2. The fraction of sp³-hybridized carbons (Fsp3) is 0.455. The summed E-state index contributed by atoms with van der Waals surface area (Å²) in [5.41, 5.74) is 2.70. The molecule has 0 bridgehead atoms. The first-order chi connectivity index (χ1) is 12.8. The van der Waals surface area contributed by atoms with Gasteiger partial charge in [-0.2, -0.15) is 0 Å². The summed E-state index contributed by atoms with van der Waals surface area (Å²) in [6.45, 7) is 0. The average molecular weight is 516 g/mol. The lowest BCUT2D eigenvalue weighted by atomic mass is 10.1. The van der Waals surface area contributed by atoms with Gasteiger partial charge in [-0.05, 0) is 59.7 Å². The van der Waals surface area contributed by atoms with Crippen LogP contribution in [0.25, 0.3) is 0 Å². The highest BCUT2D eigenvalue weighted by molar-refractivity contribution is 9.08. The number of hydrogen-bond donors (Lipinski definition) is 0. The summed E-state index contributed by atoms with van der Waals surface area (Å²) in [6.07, 6.45) is 8.17. The minimum absolute atomic E-state index is 0.944. The SMILES string of the molecule is BrCc1ccc(SCCCCCCCCSc2ccc(CBr)cc2)cc1. The van der Waals surface area contributed by atoms with Crippen LogP contribution < -0.4 is 0 Å². The topological polar surface area (TPSA) is 0 Å². The molecule has 0 spiro atoms. The normalized spacial score (nSPS) is 11.0. The Morgan fingerprint density at radius 1 is 0.500 bits per heavy atom. The zero-order valence-electron chi connectivity index (χ0n) is 15.3. The fourth-order valence-electron chi connectivity index (χ4n) is 2.64. The highest BCUT2D eigenvalue weighted by atomic mass is 79.9. The monoisotopic (exact) mass is 514 g/mol. The number of hydrogen-bond acceptors (Lipinski definition) is 2. The van der Waals surface area contributed by atoms with E-state index in [1.807, 2.05) is 23.5 Å². The molecule has 2 rings (SSSR count). The second-order valence-electron chi connectivity index (χ2n) is 6.37. The van der Waals surface area contributed by atoms with Crippen molar-refractivity contribution < 1.29 is 0 Å². The van der Waals surface area contributed by atoms with Crippen LogP contribution in [-0.2, 0) is 10.7 Å². The van der Waals surface area contributed by atoms with Crippen LogP contribution in [-0.4, -0.2) is 11.5 Å². The predicted octanol–water partition coefficient (Wildman–Crippen LogP) is 8.70. The van der Waals surface area contributed by atoms with E-state index in [0.717, 1.165) is 10.7 Å². The summed E-state index contributed by atoms with van der Waals surface area (Å²) in [7, 11) is 0. The van der Waals surface area contributed by atoms with E-state index in [4.69, 9.17) is 0 Å². The zero-order chi connectivity index (χ0) is 18.5. The molecule has 0 aromatic heterocycles. The smallest absolute Gasteiger partial charge is 0.0283 e. The number of halogens is 2. The molecule has 0 heterocycles. The predicted molar refractivity (Wildman–Crippen MR) is 127 cm³/mol. The van der Waals surface area contributed by atoms with Gasteiger partial charge in [-0.1, -0.05) is 81.8 Å². The van der Waals surface area contributed by atoms with Crippen molar-refractivity contribution in [2.24, 2.45) is 0 Å². The van der Waals surface area contributed by atoms with Gasteiger partial charge in [0.2, 0.25) is 0 Å². The van der Waals surface area contributed by atoms with Crippen LogP contribution in [0.4, 0.5) is 0 Å². The molecule has 0 N–H and O–H groups in total. The summed E-state index contributed by atoms with van der Waals surface area (Å²) >= 11 is 11.0. The highest BCUT2D eigenvalue weighted by Crippen LogP contribution is 2.23. The van der Waals surface area contributed by atoms with Gasteiger partial charge in [0.15, 0.2) is 0 Å². The lowest BCUT2D eigenvalue weighted by Crippen LogP contribution is -1.85. The Hall–Kier alpha value is 0.1000. The Kier molecular flexibility index (Phi) is 12.2. The first-order valence-electron chi connectivity index (χ1n) is 9.37. The molecule has 2 aromatic rings. The van der Waals surface area contributed by atoms with Crippen molar-refractivity contribution in [3.63, 3.8) is 0 Å². The molecule has 0 aliphatic heterocycles. The van der Waals surface area contributed by atoms with Gasteiger partial charge in [-0.3, -0.25) is 0 Å². The molecule has 0 aliphatic carbocycles. The molecule has 4 heteroatoms. The standard InChI is InChI=1S/C22H28Br2S2/c23-17-19-7-11-21(12-8-19)25-15-5-3-1-2-4-6-16-26-22-13-9-20(18-24)10-14-22/h7-14H,1-6,15-18H2. The summed E-state index contributed by atoms with van der Waals surface area (Å²) in [5, 5.41) is 1.89. The molecular weight excluding hydrogens is 488 g/mol. The molecule has 0 aliphatic rings. The summed E-state index contributed by atoms with van der Waals surface area (Å²) in [4.78, 5) is 2.80. The highest BCUT2D eigenvalue weighted by Gasteiger charge is 1.98. The molecule has 0 saturated carbocycles. The van der Waals surface area contributed by atoms with Crippen LogP contribution in [0.15, 0.2) is 58.3 Å². The number of thioether (sulfide) groups is 2. The van der Waals surface area contributed by atoms with Gasteiger partial charge in [0, 0.05) is 20.5 Å². The number of benzene rings is 2. The van der Waals surface area contributed by atoms with Gasteiger partial charge in [-0.25, -0.2) is 0 Å². The third kappa shape index (κ3) is 9.34. The van der Waals surface area contributed by atoms with Gasteiger partial charge >= 0.3 is 0 Å². The second-order valence-corrected chi connectivity index (χ2v) is 9.83. The van der Waals surface area contributed by atoms with Crippen LogP contribution in [0.2, 0.25) is 0 Å². The van der Waals surface area contributed by atoms with Crippen LogP contribution in [0.3, 0.4) is 0 Å². The van der Waals surface area contributed by atoms with E-state index >= 15 is 0 Å². The maximum Gasteiger partial charge on any atom is 0.0283 e. The van der Waals surface area contributed by atoms with Gasteiger partial charge < -0.3 is 0 Å². The lowest BCUT2D eigenvalue weighted by molar-refractivity contribution is 0.629. The molecule has 0 fully saturated rings. The second kappa shape index (κ2) is 14.1. The van der Waals surface area contributed by atoms with E-state index in [-0.39, 0.29) is 0 Å². The molecule has 0 unspecified atom stereocenters. The van der Waals surface area contributed by atoms with E-state index in [0.29, 0.717) is 0 Å². The minimum atomic E-state index is 0.944. The maximum atomic E-state index is 3.49. The first-order valence-corrected chi connectivity index (χ1v) is 13.6. The van der Waals surface area contributed by atoms with Crippen LogP contribution >= 0.6 is 55.4 Å². The molecule has 142 valence electrons. The Labute approximate surface area is 184 Å². The van der Waals surface area contributed by atoms with E-state index in [9.17, 15) is 0 Å². The molecule has 0 radical (unpaired) electrons. The summed E-state index contributed by atoms with van der Waals surface area (Å²) in [5.74, 6) is 2.49. The molecule has 0 nitrogen and oxygen atoms in total. The fourth-order valence-corrected chi connectivity index (χ4v) is 5.21. The minimum Gasteiger partial charge on any atom is -0.126 e. The van der Waals surface area contributed by atoms with Crippen molar-refractivity contribution >= 4 is 55.4 Å². The Bertz CT molecular complexity index is 541. The lowest BCUT2D eigenvalue weighted by Gasteiger charge is -2.04. The molecule has 0 amide bonds. The van der Waals surface area contributed by atoms with Crippen LogP contribution in [0.5, 0.6) is 0 Å². The third-order valence-electron chi connectivity index (χ3n) is 4.23. The first kappa shape index (κ1) is 22.4. The zero-order valence-corrected chi connectivity index (χ0v) is 20.1. The maximum absolute atomic E-state index is 3.49. The van der Waals surface area contributed by atoms with E-state index in [2.05, 4.69) is 80.4 Å². The Balaban J connectivity index is 1.41. The number of unbranched alkanes of at least 4 members (excludes halogenated alkanes) is 5. The van der Waals surface area contributed by atoms with Crippen molar-refractivity contribution in [2.45, 2.75) is 59.0 Å².